The van der Waals surface area contributed by atoms with Crippen LogP contribution in [0.5, 0.6) is 0 Å². The minimum absolute atomic E-state index is 0.0877. The maximum absolute atomic E-state index is 10.8. The average molecular weight is 325 g/mol. The van der Waals surface area contributed by atoms with Crippen molar-refractivity contribution in [2.75, 3.05) is 13.1 Å². The lowest BCUT2D eigenvalue weighted by atomic mass is 9.79. The fraction of sp³-hybridized carbons (Fsp3) is 0.895. The predicted molar refractivity (Wildman–Crippen MR) is 93.2 cm³/mol. The van der Waals surface area contributed by atoms with Gasteiger partial charge >= 0.3 is 0 Å². The third-order valence-corrected chi connectivity index (χ3v) is 5.98. The molecule has 2 aliphatic rings. The Balaban J connectivity index is 1.98. The van der Waals surface area contributed by atoms with Gasteiger partial charge in [-0.1, -0.05) is 26.8 Å². The van der Waals surface area contributed by atoms with Gasteiger partial charge in [0.2, 0.25) is 0 Å². The summed E-state index contributed by atoms with van der Waals surface area (Å²) in [6.45, 7) is 9.84. The fourth-order valence-corrected chi connectivity index (χ4v) is 4.27. The molecule has 0 bridgehead atoms. The standard InChI is InChI=1S/C19H35NO3/c1-5-16(21)14(3)9-8-13(2)11-15-12-20-10-6-7-17(20)19(4,23)18(15)22/h11,13-14,16-18,21-23H,5-10,12H2,1-4H3. The SMILES string of the molecule is CCC(O)C(C)CCC(C)C=C1CN2CCCC2C(C)(O)C1O. The first-order chi connectivity index (χ1) is 10.8. The topological polar surface area (TPSA) is 63.9 Å². The zero-order chi connectivity index (χ0) is 17.2. The van der Waals surface area contributed by atoms with Crippen molar-refractivity contribution < 1.29 is 15.3 Å². The van der Waals surface area contributed by atoms with E-state index in [0.29, 0.717) is 11.8 Å². The first-order valence-corrected chi connectivity index (χ1v) is 9.30. The van der Waals surface area contributed by atoms with E-state index in [1.54, 1.807) is 6.92 Å². The molecule has 6 atom stereocenters. The summed E-state index contributed by atoms with van der Waals surface area (Å²) in [6.07, 6.45) is 6.03. The van der Waals surface area contributed by atoms with Gasteiger partial charge in [-0.15, -0.1) is 0 Å². The number of hydrogen-bond acceptors (Lipinski definition) is 4. The van der Waals surface area contributed by atoms with Gasteiger partial charge in [-0.25, -0.2) is 0 Å². The summed E-state index contributed by atoms with van der Waals surface area (Å²) < 4.78 is 0. The van der Waals surface area contributed by atoms with E-state index in [1.807, 2.05) is 6.92 Å². The van der Waals surface area contributed by atoms with Crippen molar-refractivity contribution in [2.45, 2.75) is 83.6 Å². The Labute approximate surface area is 141 Å². The van der Waals surface area contributed by atoms with E-state index in [9.17, 15) is 15.3 Å². The zero-order valence-corrected chi connectivity index (χ0v) is 15.2. The molecule has 0 aromatic carbocycles. The van der Waals surface area contributed by atoms with Crippen molar-refractivity contribution in [2.24, 2.45) is 11.8 Å². The molecule has 23 heavy (non-hydrogen) atoms. The maximum atomic E-state index is 10.8. The van der Waals surface area contributed by atoms with Crippen LogP contribution in [0.3, 0.4) is 0 Å². The van der Waals surface area contributed by atoms with E-state index in [0.717, 1.165) is 50.8 Å². The average Bonchev–Trinajstić information content (AvgIpc) is 2.98. The van der Waals surface area contributed by atoms with Crippen LogP contribution in [0.2, 0.25) is 0 Å². The molecule has 2 rings (SSSR count). The smallest absolute Gasteiger partial charge is 0.107 e. The monoisotopic (exact) mass is 325 g/mol. The second kappa shape index (κ2) is 7.64. The van der Waals surface area contributed by atoms with Gasteiger partial charge in [0, 0.05) is 12.6 Å². The lowest BCUT2D eigenvalue weighted by Crippen LogP contribution is -2.61. The van der Waals surface area contributed by atoms with Gasteiger partial charge < -0.3 is 15.3 Å². The molecule has 0 spiro atoms. The van der Waals surface area contributed by atoms with Gasteiger partial charge in [-0.2, -0.15) is 0 Å². The summed E-state index contributed by atoms with van der Waals surface area (Å²) in [7, 11) is 0. The number of aliphatic hydroxyl groups excluding tert-OH is 2. The Morgan fingerprint density at radius 2 is 2.04 bits per heavy atom. The first kappa shape index (κ1) is 18.9. The number of nitrogens with zero attached hydrogens (tertiary/aromatic N) is 1. The van der Waals surface area contributed by atoms with Gasteiger partial charge in [0.1, 0.15) is 11.7 Å². The van der Waals surface area contributed by atoms with Crippen molar-refractivity contribution in [3.8, 4) is 0 Å². The summed E-state index contributed by atoms with van der Waals surface area (Å²) in [5, 5.41) is 31.2. The summed E-state index contributed by atoms with van der Waals surface area (Å²) in [6, 6.07) is 0.0877. The molecule has 134 valence electrons. The van der Waals surface area contributed by atoms with E-state index < -0.39 is 11.7 Å². The minimum Gasteiger partial charge on any atom is -0.393 e. The molecular weight excluding hydrogens is 290 g/mol. The van der Waals surface area contributed by atoms with Crippen LogP contribution in [0.15, 0.2) is 11.6 Å². The molecule has 3 N–H and O–H groups in total. The van der Waals surface area contributed by atoms with Gasteiger partial charge in [0.05, 0.1) is 6.10 Å². The van der Waals surface area contributed by atoms with E-state index in [2.05, 4.69) is 24.8 Å². The molecule has 2 saturated heterocycles. The van der Waals surface area contributed by atoms with Crippen LogP contribution < -0.4 is 0 Å². The Kier molecular flexibility index (Phi) is 6.28. The van der Waals surface area contributed by atoms with Gasteiger partial charge in [0.15, 0.2) is 0 Å². The fourth-order valence-electron chi connectivity index (χ4n) is 4.27. The number of rotatable bonds is 6. The molecule has 0 radical (unpaired) electrons. The molecule has 0 saturated carbocycles. The van der Waals surface area contributed by atoms with Gasteiger partial charge in [0.25, 0.3) is 0 Å². The molecule has 0 aliphatic carbocycles. The van der Waals surface area contributed by atoms with Crippen molar-refractivity contribution in [1.82, 2.24) is 4.90 Å². The molecule has 4 heteroatoms. The summed E-state index contributed by atoms with van der Waals surface area (Å²) >= 11 is 0. The molecular formula is C19H35NO3. The quantitative estimate of drug-likeness (QED) is 0.656. The van der Waals surface area contributed by atoms with E-state index in [4.69, 9.17) is 0 Å². The maximum Gasteiger partial charge on any atom is 0.107 e. The van der Waals surface area contributed by atoms with Crippen LogP contribution in [-0.2, 0) is 0 Å². The molecule has 2 fully saturated rings. The number of allylic oxidation sites excluding steroid dienone is 1. The molecule has 2 aliphatic heterocycles. The second-order valence-electron chi connectivity index (χ2n) is 8.01. The number of fused-ring (bicyclic) bond motifs is 1. The Morgan fingerprint density at radius 3 is 2.70 bits per heavy atom. The van der Waals surface area contributed by atoms with Crippen molar-refractivity contribution in [3.05, 3.63) is 11.6 Å². The van der Waals surface area contributed by atoms with Crippen molar-refractivity contribution >= 4 is 0 Å². The highest BCUT2D eigenvalue weighted by Crippen LogP contribution is 2.37. The predicted octanol–water partition coefficient (Wildman–Crippen LogP) is 2.33. The highest BCUT2D eigenvalue weighted by Gasteiger charge is 2.49. The Morgan fingerprint density at radius 1 is 1.35 bits per heavy atom. The van der Waals surface area contributed by atoms with E-state index >= 15 is 0 Å². The molecule has 0 aromatic heterocycles. The third-order valence-electron chi connectivity index (χ3n) is 5.98. The summed E-state index contributed by atoms with van der Waals surface area (Å²) in [5.41, 5.74) is -0.0872. The molecule has 6 unspecified atom stereocenters. The molecule has 0 aromatic rings. The molecule has 4 nitrogen and oxygen atoms in total. The normalized spacial score (nSPS) is 37.6. The first-order valence-electron chi connectivity index (χ1n) is 9.30. The number of aliphatic hydroxyl groups is 3. The van der Waals surface area contributed by atoms with Gasteiger partial charge in [-0.05, 0) is 63.0 Å². The lowest BCUT2D eigenvalue weighted by molar-refractivity contribution is -0.110. The van der Waals surface area contributed by atoms with Crippen LogP contribution in [-0.4, -0.2) is 57.2 Å². The van der Waals surface area contributed by atoms with Crippen LogP contribution >= 0.6 is 0 Å². The summed E-state index contributed by atoms with van der Waals surface area (Å²) in [4.78, 5) is 2.31. The largest absolute Gasteiger partial charge is 0.393 e. The van der Waals surface area contributed by atoms with E-state index in [1.165, 1.54) is 0 Å². The van der Waals surface area contributed by atoms with Crippen molar-refractivity contribution in [3.63, 3.8) is 0 Å². The minimum atomic E-state index is -1.05. The molecule has 2 heterocycles. The zero-order valence-electron chi connectivity index (χ0n) is 15.2. The van der Waals surface area contributed by atoms with E-state index in [-0.39, 0.29) is 12.1 Å². The molecule has 0 amide bonds. The van der Waals surface area contributed by atoms with Gasteiger partial charge in [-0.3, -0.25) is 4.90 Å². The van der Waals surface area contributed by atoms with Crippen LogP contribution in [0.1, 0.15) is 59.8 Å². The van der Waals surface area contributed by atoms with Crippen LogP contribution in [0.25, 0.3) is 0 Å². The highest BCUT2D eigenvalue weighted by atomic mass is 16.3. The Hall–Kier alpha value is -0.420. The number of hydrogen-bond donors (Lipinski definition) is 3. The second-order valence-corrected chi connectivity index (χ2v) is 8.01. The van der Waals surface area contributed by atoms with Crippen LogP contribution in [0, 0.1) is 11.8 Å². The number of piperidine rings is 1. The highest BCUT2D eigenvalue weighted by molar-refractivity contribution is 5.23. The van der Waals surface area contributed by atoms with Crippen LogP contribution in [0.4, 0.5) is 0 Å². The van der Waals surface area contributed by atoms with Crippen molar-refractivity contribution in [1.29, 1.82) is 0 Å². The lowest BCUT2D eigenvalue weighted by Gasteiger charge is -2.46. The summed E-state index contributed by atoms with van der Waals surface area (Å²) in [5.74, 6) is 0.657. The Bertz CT molecular complexity index is 421. The third kappa shape index (κ3) is 4.16.